The molecule has 0 aromatic heterocycles. The van der Waals surface area contributed by atoms with Gasteiger partial charge in [-0.3, -0.25) is 0 Å². The van der Waals surface area contributed by atoms with E-state index >= 15 is 0 Å². The van der Waals surface area contributed by atoms with E-state index < -0.39 is 0 Å². The van der Waals surface area contributed by atoms with E-state index in [0.29, 0.717) is 6.04 Å². The van der Waals surface area contributed by atoms with Crippen LogP contribution in [0.1, 0.15) is 24.9 Å². The molecule has 3 aromatic rings. The molecule has 3 rings (SSSR count). The molecule has 1 N–H and O–H groups in total. The van der Waals surface area contributed by atoms with Crippen LogP contribution in [0.25, 0.3) is 10.8 Å². The van der Waals surface area contributed by atoms with Gasteiger partial charge < -0.3 is 5.32 Å². The van der Waals surface area contributed by atoms with Crippen LogP contribution in [0.3, 0.4) is 0 Å². The molecule has 1 unspecified atom stereocenters. The third-order valence-corrected chi connectivity index (χ3v) is 4.33. The van der Waals surface area contributed by atoms with Gasteiger partial charge in [0.15, 0.2) is 0 Å². The van der Waals surface area contributed by atoms with E-state index in [-0.39, 0.29) is 0 Å². The van der Waals surface area contributed by atoms with Gasteiger partial charge in [-0.15, -0.1) is 0 Å². The van der Waals surface area contributed by atoms with Crippen molar-refractivity contribution >= 4 is 32.4 Å². The van der Waals surface area contributed by atoms with E-state index in [1.54, 1.807) is 0 Å². The summed E-state index contributed by atoms with van der Waals surface area (Å²) in [5.74, 6) is 0. The third kappa shape index (κ3) is 3.11. The summed E-state index contributed by atoms with van der Waals surface area (Å²) in [5.41, 5.74) is 2.51. The van der Waals surface area contributed by atoms with Gasteiger partial charge in [0, 0.05) is 15.5 Å². The summed E-state index contributed by atoms with van der Waals surface area (Å²) >= 11 is 3.50. The summed E-state index contributed by atoms with van der Waals surface area (Å²) in [7, 11) is 0. The van der Waals surface area contributed by atoms with Crippen LogP contribution in [0.5, 0.6) is 0 Å². The summed E-state index contributed by atoms with van der Waals surface area (Å²) < 4.78 is 1.12. The van der Waals surface area contributed by atoms with Crippen LogP contribution in [0.4, 0.5) is 5.69 Å². The molecular formula is C19H18BrN. The van der Waals surface area contributed by atoms with Crippen molar-refractivity contribution in [3.8, 4) is 0 Å². The maximum atomic E-state index is 3.69. The Hall–Kier alpha value is -1.80. The summed E-state index contributed by atoms with van der Waals surface area (Å²) in [6.45, 7) is 2.21. The number of rotatable bonds is 4. The number of anilines is 1. The molecule has 2 heteroatoms. The first-order valence-electron chi connectivity index (χ1n) is 7.27. The number of hydrogen-bond donors (Lipinski definition) is 1. The lowest BCUT2D eigenvalue weighted by Gasteiger charge is -2.20. The Morgan fingerprint density at radius 3 is 2.38 bits per heavy atom. The average molecular weight is 340 g/mol. The number of hydrogen-bond acceptors (Lipinski definition) is 1. The van der Waals surface area contributed by atoms with Crippen molar-refractivity contribution in [3.63, 3.8) is 0 Å². The zero-order valence-corrected chi connectivity index (χ0v) is 13.6. The van der Waals surface area contributed by atoms with Crippen LogP contribution in [0.15, 0.2) is 71.2 Å². The molecule has 0 aliphatic heterocycles. The Morgan fingerprint density at radius 1 is 0.905 bits per heavy atom. The predicted octanol–water partition coefficient (Wildman–Crippen LogP) is 6.17. The highest BCUT2D eigenvalue weighted by atomic mass is 79.9. The van der Waals surface area contributed by atoms with Crippen LogP contribution < -0.4 is 5.32 Å². The monoisotopic (exact) mass is 339 g/mol. The quantitative estimate of drug-likeness (QED) is 0.599. The first kappa shape index (κ1) is 14.2. The first-order chi connectivity index (χ1) is 10.3. The van der Waals surface area contributed by atoms with Crippen molar-refractivity contribution in [2.75, 3.05) is 5.32 Å². The topological polar surface area (TPSA) is 12.0 Å². The second-order valence-electron chi connectivity index (χ2n) is 5.18. The van der Waals surface area contributed by atoms with Crippen molar-refractivity contribution in [2.45, 2.75) is 19.4 Å². The Kier molecular flexibility index (Phi) is 4.26. The molecular weight excluding hydrogens is 322 g/mol. The summed E-state index contributed by atoms with van der Waals surface area (Å²) in [6, 6.07) is 23.8. The van der Waals surface area contributed by atoms with E-state index in [1.165, 1.54) is 22.0 Å². The van der Waals surface area contributed by atoms with Crippen molar-refractivity contribution in [2.24, 2.45) is 0 Å². The second-order valence-corrected chi connectivity index (χ2v) is 6.10. The normalized spacial score (nSPS) is 12.3. The molecule has 21 heavy (non-hydrogen) atoms. The van der Waals surface area contributed by atoms with Crippen LogP contribution >= 0.6 is 15.9 Å². The largest absolute Gasteiger partial charge is 0.378 e. The fourth-order valence-corrected chi connectivity index (χ4v) is 2.92. The van der Waals surface area contributed by atoms with E-state index in [9.17, 15) is 0 Å². The van der Waals surface area contributed by atoms with E-state index in [1.807, 2.05) is 0 Å². The molecule has 0 aliphatic rings. The minimum Gasteiger partial charge on any atom is -0.378 e. The molecule has 0 fully saturated rings. The Bertz CT molecular complexity index is 729. The van der Waals surface area contributed by atoms with E-state index in [0.717, 1.165) is 10.9 Å². The molecule has 1 nitrogen and oxygen atoms in total. The zero-order chi connectivity index (χ0) is 14.7. The van der Waals surface area contributed by atoms with Crippen LogP contribution in [0, 0.1) is 0 Å². The first-order valence-corrected chi connectivity index (χ1v) is 8.07. The summed E-state index contributed by atoms with van der Waals surface area (Å²) in [5, 5.41) is 6.24. The van der Waals surface area contributed by atoms with Gasteiger partial charge in [0.25, 0.3) is 0 Å². The molecule has 106 valence electrons. The molecule has 0 saturated heterocycles. The summed E-state index contributed by atoms with van der Waals surface area (Å²) in [4.78, 5) is 0. The standard InChI is InChI=1S/C19H18BrN/c1-2-18(15-10-12-16(20)13-11-15)21-19-9-5-7-14-6-3-4-8-17(14)19/h3-13,18,21H,2H2,1H3. The number of nitrogens with one attached hydrogen (secondary N) is 1. The van der Waals surface area contributed by atoms with Gasteiger partial charge in [-0.25, -0.2) is 0 Å². The predicted molar refractivity (Wildman–Crippen MR) is 94.7 cm³/mol. The zero-order valence-electron chi connectivity index (χ0n) is 12.0. The number of benzene rings is 3. The van der Waals surface area contributed by atoms with Gasteiger partial charge in [-0.05, 0) is 35.6 Å². The van der Waals surface area contributed by atoms with Crippen molar-refractivity contribution in [1.82, 2.24) is 0 Å². The van der Waals surface area contributed by atoms with Gasteiger partial charge >= 0.3 is 0 Å². The molecule has 0 heterocycles. The Balaban J connectivity index is 1.94. The Labute approximate surface area is 134 Å². The van der Waals surface area contributed by atoms with Crippen molar-refractivity contribution < 1.29 is 0 Å². The number of halogens is 1. The minimum absolute atomic E-state index is 0.323. The van der Waals surface area contributed by atoms with Crippen molar-refractivity contribution in [3.05, 3.63) is 76.8 Å². The van der Waals surface area contributed by atoms with Gasteiger partial charge in [-0.1, -0.05) is 71.4 Å². The van der Waals surface area contributed by atoms with Crippen molar-refractivity contribution in [1.29, 1.82) is 0 Å². The molecule has 0 amide bonds. The molecule has 1 atom stereocenters. The fourth-order valence-electron chi connectivity index (χ4n) is 2.66. The maximum Gasteiger partial charge on any atom is 0.0511 e. The molecule has 0 bridgehead atoms. The molecule has 3 aromatic carbocycles. The van der Waals surface area contributed by atoms with Gasteiger partial charge in [0.1, 0.15) is 0 Å². The van der Waals surface area contributed by atoms with E-state index in [2.05, 4.69) is 94.9 Å². The van der Waals surface area contributed by atoms with Crippen LogP contribution in [0.2, 0.25) is 0 Å². The van der Waals surface area contributed by atoms with Gasteiger partial charge in [0.05, 0.1) is 6.04 Å². The molecule has 0 saturated carbocycles. The SMILES string of the molecule is CCC(Nc1cccc2ccccc12)c1ccc(Br)cc1. The maximum absolute atomic E-state index is 3.69. The highest BCUT2D eigenvalue weighted by molar-refractivity contribution is 9.10. The van der Waals surface area contributed by atoms with Crippen LogP contribution in [-0.4, -0.2) is 0 Å². The van der Waals surface area contributed by atoms with E-state index in [4.69, 9.17) is 0 Å². The van der Waals surface area contributed by atoms with Gasteiger partial charge in [-0.2, -0.15) is 0 Å². The smallest absolute Gasteiger partial charge is 0.0511 e. The number of fused-ring (bicyclic) bond motifs is 1. The third-order valence-electron chi connectivity index (χ3n) is 3.80. The van der Waals surface area contributed by atoms with Gasteiger partial charge in [0.2, 0.25) is 0 Å². The second kappa shape index (κ2) is 6.31. The van der Waals surface area contributed by atoms with Crippen LogP contribution in [-0.2, 0) is 0 Å². The highest BCUT2D eigenvalue weighted by Gasteiger charge is 2.10. The summed E-state index contributed by atoms with van der Waals surface area (Å²) in [6.07, 6.45) is 1.05. The minimum atomic E-state index is 0.323. The molecule has 0 spiro atoms. The molecule has 0 aliphatic carbocycles. The highest BCUT2D eigenvalue weighted by Crippen LogP contribution is 2.29. The fraction of sp³-hybridized carbons (Fsp3) is 0.158. The lowest BCUT2D eigenvalue weighted by atomic mass is 10.0. The lowest BCUT2D eigenvalue weighted by Crippen LogP contribution is -2.09. The Morgan fingerprint density at radius 2 is 1.62 bits per heavy atom. The average Bonchev–Trinajstić information content (AvgIpc) is 2.54. The lowest BCUT2D eigenvalue weighted by molar-refractivity contribution is 0.750. The molecule has 0 radical (unpaired) electrons.